The molecule has 0 amide bonds. The molecule has 66 valence electrons. The number of nitrogens with two attached hydrogens (primary N) is 1. The van der Waals surface area contributed by atoms with E-state index < -0.39 is 0 Å². The molecule has 0 aromatic carbocycles. The molecule has 0 bridgehead atoms. The van der Waals surface area contributed by atoms with Crippen LogP contribution in [0.4, 0.5) is 0 Å². The number of aromatic nitrogens is 2. The van der Waals surface area contributed by atoms with Crippen molar-refractivity contribution in [3.05, 3.63) is 17.5 Å². The highest BCUT2D eigenvalue weighted by atomic mass is 16.3. The average Bonchev–Trinajstić information content (AvgIpc) is 2.52. The van der Waals surface area contributed by atoms with E-state index in [0.717, 1.165) is 0 Å². The Bertz CT molecular complexity index is 259. The Morgan fingerprint density at radius 1 is 1.83 bits per heavy atom. The smallest absolute Gasteiger partial charge is 0.167 e. The van der Waals surface area contributed by atoms with Crippen LogP contribution >= 0.6 is 0 Å². The monoisotopic (exact) mass is 169 g/mol. The van der Waals surface area contributed by atoms with E-state index in [2.05, 4.69) is 10.2 Å². The number of rotatable bonds is 4. The Morgan fingerprint density at radius 3 is 3.08 bits per heavy atom. The van der Waals surface area contributed by atoms with Crippen LogP contribution in [0.2, 0.25) is 0 Å². The molecule has 0 aliphatic carbocycles. The Balaban J connectivity index is 2.57. The van der Waals surface area contributed by atoms with Crippen molar-refractivity contribution in [2.75, 3.05) is 6.61 Å². The predicted molar refractivity (Wildman–Crippen MR) is 42.7 cm³/mol. The molecule has 5 nitrogen and oxygen atoms in total. The van der Waals surface area contributed by atoms with Crippen molar-refractivity contribution in [1.29, 1.82) is 0 Å². The third-order valence-electron chi connectivity index (χ3n) is 1.48. The van der Waals surface area contributed by atoms with E-state index in [1.165, 1.54) is 0 Å². The van der Waals surface area contributed by atoms with Crippen LogP contribution < -0.4 is 5.73 Å². The molecule has 0 aliphatic heterocycles. The molecular formula is C7H11N3O2. The molecule has 0 fully saturated rings. The average molecular weight is 169 g/mol. The Hall–Kier alpha value is -1.20. The third-order valence-corrected chi connectivity index (χ3v) is 1.48. The van der Waals surface area contributed by atoms with E-state index in [0.29, 0.717) is 24.1 Å². The van der Waals surface area contributed by atoms with Gasteiger partial charge in [0.15, 0.2) is 6.29 Å². The molecule has 12 heavy (non-hydrogen) atoms. The second-order valence-corrected chi connectivity index (χ2v) is 2.58. The van der Waals surface area contributed by atoms with E-state index in [-0.39, 0.29) is 12.6 Å². The molecule has 1 aromatic rings. The lowest BCUT2D eigenvalue weighted by Crippen LogP contribution is -2.26. The number of aliphatic hydroxyl groups is 1. The number of hydrogen-bond donors (Lipinski definition) is 3. The highest BCUT2D eigenvalue weighted by Gasteiger charge is 2.05. The number of aromatic amines is 1. The van der Waals surface area contributed by atoms with Gasteiger partial charge in [-0.3, -0.25) is 9.89 Å². The van der Waals surface area contributed by atoms with Gasteiger partial charge in [-0.2, -0.15) is 5.10 Å². The van der Waals surface area contributed by atoms with Crippen molar-refractivity contribution in [3.63, 3.8) is 0 Å². The van der Waals surface area contributed by atoms with Gasteiger partial charge in [-0.1, -0.05) is 0 Å². The summed E-state index contributed by atoms with van der Waals surface area (Å²) in [4.78, 5) is 10.2. The first-order chi connectivity index (χ1) is 5.76. The molecular weight excluding hydrogens is 158 g/mol. The number of hydrogen-bond acceptors (Lipinski definition) is 4. The van der Waals surface area contributed by atoms with E-state index in [1.807, 2.05) is 0 Å². The molecule has 1 aromatic heterocycles. The first-order valence-corrected chi connectivity index (χ1v) is 3.62. The summed E-state index contributed by atoms with van der Waals surface area (Å²) >= 11 is 0. The number of carbonyl (C=O) groups is 1. The van der Waals surface area contributed by atoms with Gasteiger partial charge >= 0.3 is 0 Å². The van der Waals surface area contributed by atoms with Gasteiger partial charge in [0.05, 0.1) is 18.0 Å². The van der Waals surface area contributed by atoms with Crippen molar-refractivity contribution < 1.29 is 9.90 Å². The van der Waals surface area contributed by atoms with Gasteiger partial charge in [-0.25, -0.2) is 0 Å². The number of aliphatic hydroxyl groups excluding tert-OH is 1. The summed E-state index contributed by atoms with van der Waals surface area (Å²) < 4.78 is 0. The predicted octanol–water partition coefficient (Wildman–Crippen LogP) is -0.916. The quantitative estimate of drug-likeness (QED) is 0.508. The lowest BCUT2D eigenvalue weighted by Gasteiger charge is -2.03. The van der Waals surface area contributed by atoms with Crippen molar-refractivity contribution in [3.8, 4) is 0 Å². The molecule has 1 rings (SSSR count). The van der Waals surface area contributed by atoms with Crippen LogP contribution in [0.1, 0.15) is 16.2 Å². The Labute approximate surface area is 69.6 Å². The summed E-state index contributed by atoms with van der Waals surface area (Å²) in [7, 11) is 0. The topological polar surface area (TPSA) is 92.0 Å². The molecule has 0 radical (unpaired) electrons. The standard InChI is InChI=1S/C7H11N3O2/c8-5(3-11)1-6-2-7(4-12)10-9-6/h2,4-5,11H,1,3,8H2,(H,9,10)/t5-/m0/s1. The number of aldehydes is 1. The fourth-order valence-corrected chi connectivity index (χ4v) is 0.879. The van der Waals surface area contributed by atoms with E-state index in [9.17, 15) is 4.79 Å². The van der Waals surface area contributed by atoms with E-state index in [1.54, 1.807) is 6.07 Å². The maximum Gasteiger partial charge on any atom is 0.167 e. The van der Waals surface area contributed by atoms with Gasteiger partial charge in [0, 0.05) is 12.5 Å². The molecule has 0 aliphatic rings. The van der Waals surface area contributed by atoms with Crippen LogP contribution in [0.3, 0.4) is 0 Å². The summed E-state index contributed by atoms with van der Waals surface area (Å²) in [6, 6.07) is 1.30. The van der Waals surface area contributed by atoms with Crippen LogP contribution in [-0.2, 0) is 6.42 Å². The summed E-state index contributed by atoms with van der Waals surface area (Å²) in [5.74, 6) is 0. The second-order valence-electron chi connectivity index (χ2n) is 2.58. The molecule has 1 atom stereocenters. The van der Waals surface area contributed by atoms with Gasteiger partial charge in [0.25, 0.3) is 0 Å². The largest absolute Gasteiger partial charge is 0.395 e. The fourth-order valence-electron chi connectivity index (χ4n) is 0.879. The second kappa shape index (κ2) is 3.99. The normalized spacial score (nSPS) is 12.8. The fraction of sp³-hybridized carbons (Fsp3) is 0.429. The van der Waals surface area contributed by atoms with E-state index in [4.69, 9.17) is 10.8 Å². The minimum atomic E-state index is -0.312. The summed E-state index contributed by atoms with van der Waals surface area (Å²) in [6.07, 6.45) is 1.15. The minimum absolute atomic E-state index is 0.0801. The third kappa shape index (κ3) is 2.14. The number of H-pyrrole nitrogens is 1. The molecule has 1 heterocycles. The Morgan fingerprint density at radius 2 is 2.58 bits per heavy atom. The van der Waals surface area contributed by atoms with Crippen molar-refractivity contribution in [1.82, 2.24) is 10.2 Å². The highest BCUT2D eigenvalue weighted by molar-refractivity contribution is 5.71. The van der Waals surface area contributed by atoms with Crippen LogP contribution in [0.15, 0.2) is 6.07 Å². The van der Waals surface area contributed by atoms with Crippen LogP contribution in [0.5, 0.6) is 0 Å². The first kappa shape index (κ1) is 8.89. The van der Waals surface area contributed by atoms with Crippen LogP contribution in [-0.4, -0.2) is 34.2 Å². The summed E-state index contributed by atoms with van der Waals surface area (Å²) in [5, 5.41) is 15.0. The van der Waals surface area contributed by atoms with Gasteiger partial charge in [0.2, 0.25) is 0 Å². The van der Waals surface area contributed by atoms with E-state index >= 15 is 0 Å². The van der Waals surface area contributed by atoms with Crippen LogP contribution in [0.25, 0.3) is 0 Å². The zero-order chi connectivity index (χ0) is 8.97. The van der Waals surface area contributed by atoms with Crippen molar-refractivity contribution in [2.24, 2.45) is 5.73 Å². The number of nitrogens with one attached hydrogen (secondary N) is 1. The lowest BCUT2D eigenvalue weighted by atomic mass is 10.2. The molecule has 0 saturated carbocycles. The Kier molecular flexibility index (Phi) is 2.95. The van der Waals surface area contributed by atoms with Gasteiger partial charge in [-0.05, 0) is 6.07 Å². The van der Waals surface area contributed by atoms with Gasteiger partial charge in [0.1, 0.15) is 0 Å². The summed E-state index contributed by atoms with van der Waals surface area (Å²) in [5.41, 5.74) is 6.58. The molecule has 5 heteroatoms. The highest BCUT2D eigenvalue weighted by Crippen LogP contribution is 1.99. The van der Waals surface area contributed by atoms with Gasteiger partial charge < -0.3 is 10.8 Å². The minimum Gasteiger partial charge on any atom is -0.395 e. The molecule has 0 saturated heterocycles. The lowest BCUT2D eigenvalue weighted by molar-refractivity contribution is 0.111. The zero-order valence-corrected chi connectivity index (χ0v) is 6.53. The maximum atomic E-state index is 10.2. The summed E-state index contributed by atoms with van der Waals surface area (Å²) in [6.45, 7) is -0.0801. The maximum absolute atomic E-state index is 10.2. The molecule has 4 N–H and O–H groups in total. The zero-order valence-electron chi connectivity index (χ0n) is 6.53. The van der Waals surface area contributed by atoms with Crippen molar-refractivity contribution >= 4 is 6.29 Å². The number of nitrogens with zero attached hydrogens (tertiary/aromatic N) is 1. The molecule has 0 unspecified atom stereocenters. The van der Waals surface area contributed by atoms with Crippen LogP contribution in [0, 0.1) is 0 Å². The number of carbonyl (C=O) groups excluding carboxylic acids is 1. The van der Waals surface area contributed by atoms with Crippen molar-refractivity contribution in [2.45, 2.75) is 12.5 Å². The molecule has 0 spiro atoms. The first-order valence-electron chi connectivity index (χ1n) is 3.62. The van der Waals surface area contributed by atoms with Gasteiger partial charge in [-0.15, -0.1) is 0 Å². The SMILES string of the molecule is N[C@H](CO)Cc1cc(C=O)[nH]n1.